The lowest BCUT2D eigenvalue weighted by Gasteiger charge is -2.39. The number of carbonyl (C=O) groups is 1. The Morgan fingerprint density at radius 1 is 1.53 bits per heavy atom. The second-order valence-electron chi connectivity index (χ2n) is 6.39. The minimum atomic E-state index is -0.331. The summed E-state index contributed by atoms with van der Waals surface area (Å²) in [4.78, 5) is 11.9. The van der Waals surface area contributed by atoms with Crippen LogP contribution in [0, 0.1) is 11.3 Å². The van der Waals surface area contributed by atoms with Crippen LogP contribution >= 0.6 is 0 Å². The summed E-state index contributed by atoms with van der Waals surface area (Å²) in [5.41, 5.74) is 6.25. The highest BCUT2D eigenvalue weighted by molar-refractivity contribution is 5.81. The summed E-state index contributed by atoms with van der Waals surface area (Å²) in [7, 11) is 0. The Morgan fingerprint density at radius 2 is 2.18 bits per heavy atom. The zero-order chi connectivity index (χ0) is 13.1. The molecule has 3 unspecified atom stereocenters. The van der Waals surface area contributed by atoms with Gasteiger partial charge in [0.2, 0.25) is 5.91 Å². The predicted octanol–water partition coefficient (Wildman–Crippen LogP) is 2.44. The molecule has 1 rings (SSSR count). The molecule has 0 aliphatic heterocycles. The first kappa shape index (κ1) is 14.5. The maximum atomic E-state index is 11.9. The van der Waals surface area contributed by atoms with E-state index in [-0.39, 0.29) is 11.9 Å². The number of carbonyl (C=O) groups excluding carboxylic acids is 1. The number of rotatable bonds is 4. The van der Waals surface area contributed by atoms with Gasteiger partial charge in [0.1, 0.15) is 0 Å². The van der Waals surface area contributed by atoms with Gasteiger partial charge in [-0.2, -0.15) is 0 Å². The van der Waals surface area contributed by atoms with Crippen molar-refractivity contribution >= 4 is 5.91 Å². The number of amides is 1. The molecule has 17 heavy (non-hydrogen) atoms. The van der Waals surface area contributed by atoms with Gasteiger partial charge in [-0.15, -0.1) is 0 Å². The van der Waals surface area contributed by atoms with E-state index in [1.807, 2.05) is 0 Å². The van der Waals surface area contributed by atoms with Crippen molar-refractivity contribution in [1.82, 2.24) is 5.32 Å². The van der Waals surface area contributed by atoms with E-state index >= 15 is 0 Å². The van der Waals surface area contributed by atoms with E-state index in [2.05, 4.69) is 33.0 Å². The van der Waals surface area contributed by atoms with E-state index in [1.54, 1.807) is 0 Å². The Hall–Kier alpha value is -0.570. The first-order valence-electron chi connectivity index (χ1n) is 6.91. The van der Waals surface area contributed by atoms with E-state index in [0.717, 1.165) is 19.3 Å². The van der Waals surface area contributed by atoms with Crippen molar-refractivity contribution in [2.24, 2.45) is 17.1 Å². The second kappa shape index (κ2) is 5.85. The minimum Gasteiger partial charge on any atom is -0.352 e. The smallest absolute Gasteiger partial charge is 0.237 e. The lowest BCUT2D eigenvalue weighted by Crippen LogP contribution is -2.50. The van der Waals surface area contributed by atoms with Gasteiger partial charge in [0.25, 0.3) is 0 Å². The molecule has 0 aromatic rings. The SMILES string of the molecule is CCCC(N)C(=O)NC1CCC(C)(C)CC1C. The largest absolute Gasteiger partial charge is 0.352 e. The molecule has 0 saturated heterocycles. The van der Waals surface area contributed by atoms with Crippen molar-refractivity contribution in [2.45, 2.75) is 71.9 Å². The van der Waals surface area contributed by atoms with Gasteiger partial charge in [-0.3, -0.25) is 4.79 Å². The number of hydrogen-bond acceptors (Lipinski definition) is 2. The van der Waals surface area contributed by atoms with Crippen LogP contribution in [-0.4, -0.2) is 18.0 Å². The van der Waals surface area contributed by atoms with Crippen LogP contribution in [-0.2, 0) is 4.79 Å². The zero-order valence-electron chi connectivity index (χ0n) is 11.8. The Bertz CT molecular complexity index is 263. The van der Waals surface area contributed by atoms with E-state index in [0.29, 0.717) is 17.4 Å². The fraction of sp³-hybridized carbons (Fsp3) is 0.929. The highest BCUT2D eigenvalue weighted by Gasteiger charge is 2.33. The molecule has 1 fully saturated rings. The van der Waals surface area contributed by atoms with E-state index < -0.39 is 0 Å². The third-order valence-electron chi connectivity index (χ3n) is 3.96. The lowest BCUT2D eigenvalue weighted by atomic mass is 9.70. The minimum absolute atomic E-state index is 0.0309. The first-order chi connectivity index (χ1) is 7.85. The highest BCUT2D eigenvalue weighted by atomic mass is 16.2. The number of nitrogens with two attached hydrogens (primary N) is 1. The Labute approximate surface area is 106 Å². The van der Waals surface area contributed by atoms with Crippen LogP contribution in [0.15, 0.2) is 0 Å². The molecule has 3 N–H and O–H groups in total. The van der Waals surface area contributed by atoms with Crippen LogP contribution in [0.3, 0.4) is 0 Å². The van der Waals surface area contributed by atoms with Gasteiger partial charge < -0.3 is 11.1 Å². The Kier molecular flexibility index (Phi) is 4.99. The lowest BCUT2D eigenvalue weighted by molar-refractivity contribution is -0.124. The molecule has 0 heterocycles. The third-order valence-corrected chi connectivity index (χ3v) is 3.96. The molecule has 100 valence electrons. The summed E-state index contributed by atoms with van der Waals surface area (Å²) in [5, 5.41) is 3.13. The molecule has 3 atom stereocenters. The molecule has 1 aliphatic carbocycles. The van der Waals surface area contributed by atoms with Gasteiger partial charge in [-0.05, 0) is 37.0 Å². The van der Waals surface area contributed by atoms with Gasteiger partial charge in [0, 0.05) is 6.04 Å². The van der Waals surface area contributed by atoms with Gasteiger partial charge in [0.15, 0.2) is 0 Å². The summed E-state index contributed by atoms with van der Waals surface area (Å²) >= 11 is 0. The molecule has 0 aromatic heterocycles. The molecule has 3 nitrogen and oxygen atoms in total. The predicted molar refractivity (Wildman–Crippen MR) is 71.6 cm³/mol. The molecule has 0 radical (unpaired) electrons. The first-order valence-corrected chi connectivity index (χ1v) is 6.91. The van der Waals surface area contributed by atoms with Crippen molar-refractivity contribution in [2.75, 3.05) is 0 Å². The van der Waals surface area contributed by atoms with Gasteiger partial charge >= 0.3 is 0 Å². The summed E-state index contributed by atoms with van der Waals surface area (Å²) < 4.78 is 0. The molecule has 0 aromatic carbocycles. The van der Waals surface area contributed by atoms with E-state index in [9.17, 15) is 4.79 Å². The van der Waals surface area contributed by atoms with Gasteiger partial charge in [-0.25, -0.2) is 0 Å². The molecule has 1 amide bonds. The summed E-state index contributed by atoms with van der Waals surface area (Å²) in [6.45, 7) is 8.91. The quantitative estimate of drug-likeness (QED) is 0.793. The average Bonchev–Trinajstić information content (AvgIpc) is 2.21. The standard InChI is InChI=1S/C14H28N2O/c1-5-6-11(15)13(17)16-12-7-8-14(3,4)9-10(12)2/h10-12H,5-9,15H2,1-4H3,(H,16,17). The van der Waals surface area contributed by atoms with Crippen molar-refractivity contribution in [3.63, 3.8) is 0 Å². The Morgan fingerprint density at radius 3 is 2.71 bits per heavy atom. The molecule has 0 bridgehead atoms. The highest BCUT2D eigenvalue weighted by Crippen LogP contribution is 2.38. The van der Waals surface area contributed by atoms with Crippen LogP contribution in [0.5, 0.6) is 0 Å². The molecular weight excluding hydrogens is 212 g/mol. The number of nitrogens with one attached hydrogen (secondary N) is 1. The molecule has 3 heteroatoms. The van der Waals surface area contributed by atoms with Crippen LogP contribution in [0.1, 0.15) is 59.8 Å². The monoisotopic (exact) mass is 240 g/mol. The van der Waals surface area contributed by atoms with E-state index in [4.69, 9.17) is 5.73 Å². The molecular formula is C14H28N2O. The number of hydrogen-bond donors (Lipinski definition) is 2. The average molecular weight is 240 g/mol. The van der Waals surface area contributed by atoms with Crippen LogP contribution in [0.25, 0.3) is 0 Å². The van der Waals surface area contributed by atoms with Crippen LogP contribution < -0.4 is 11.1 Å². The van der Waals surface area contributed by atoms with Crippen molar-refractivity contribution in [3.8, 4) is 0 Å². The Balaban J connectivity index is 2.45. The van der Waals surface area contributed by atoms with Crippen molar-refractivity contribution in [1.29, 1.82) is 0 Å². The summed E-state index contributed by atoms with van der Waals surface area (Å²) in [5.74, 6) is 0.583. The van der Waals surface area contributed by atoms with Crippen molar-refractivity contribution in [3.05, 3.63) is 0 Å². The maximum Gasteiger partial charge on any atom is 0.237 e. The fourth-order valence-electron chi connectivity index (χ4n) is 2.89. The van der Waals surface area contributed by atoms with Crippen LogP contribution in [0.4, 0.5) is 0 Å². The maximum absolute atomic E-state index is 11.9. The summed E-state index contributed by atoms with van der Waals surface area (Å²) in [6.07, 6.45) is 5.19. The van der Waals surface area contributed by atoms with E-state index in [1.165, 1.54) is 12.8 Å². The topological polar surface area (TPSA) is 55.1 Å². The third kappa shape index (κ3) is 4.30. The second-order valence-corrected chi connectivity index (χ2v) is 6.39. The molecule has 0 spiro atoms. The van der Waals surface area contributed by atoms with Crippen molar-refractivity contribution < 1.29 is 4.79 Å². The normalized spacial score (nSPS) is 29.7. The molecule has 1 saturated carbocycles. The molecule has 1 aliphatic rings. The van der Waals surface area contributed by atoms with Crippen LogP contribution in [0.2, 0.25) is 0 Å². The summed E-state index contributed by atoms with van der Waals surface area (Å²) in [6, 6.07) is -0.0134. The fourth-order valence-corrected chi connectivity index (χ4v) is 2.89. The zero-order valence-corrected chi connectivity index (χ0v) is 11.8. The van der Waals surface area contributed by atoms with Gasteiger partial charge in [0.05, 0.1) is 6.04 Å². The van der Waals surface area contributed by atoms with Gasteiger partial charge in [-0.1, -0.05) is 34.1 Å².